The minimum Gasteiger partial charge on any atom is -0.466 e. The number of nitrogens with zero attached hydrogens (tertiary/aromatic N) is 3. The molecule has 0 aliphatic rings. The van der Waals surface area contributed by atoms with E-state index in [1.807, 2.05) is 52.0 Å². The molecule has 1 unspecified atom stereocenters. The minimum atomic E-state index is -0.677. The van der Waals surface area contributed by atoms with E-state index in [0.717, 1.165) is 17.5 Å². The van der Waals surface area contributed by atoms with Gasteiger partial charge in [0.25, 0.3) is 0 Å². The first-order chi connectivity index (χ1) is 18.1. The van der Waals surface area contributed by atoms with Gasteiger partial charge in [-0.3, -0.25) is 18.5 Å². The number of hydrogen-bond acceptors (Lipinski definition) is 5. The highest BCUT2D eigenvalue weighted by molar-refractivity contribution is 6.35. The van der Waals surface area contributed by atoms with Crippen LogP contribution < -0.4 is 5.69 Å². The number of para-hydroxylation sites is 2. The summed E-state index contributed by atoms with van der Waals surface area (Å²) >= 11 is 6.61. The third kappa shape index (κ3) is 5.50. The van der Waals surface area contributed by atoms with Gasteiger partial charge in [0.2, 0.25) is 0 Å². The second-order valence-electron chi connectivity index (χ2n) is 10.3. The summed E-state index contributed by atoms with van der Waals surface area (Å²) in [5.41, 5.74) is 1.86. The maximum absolute atomic E-state index is 13.9. The molecule has 0 radical (unpaired) electrons. The molecular weight excluding hydrogens is 506 g/mol. The van der Waals surface area contributed by atoms with Crippen molar-refractivity contribution in [3.63, 3.8) is 0 Å². The van der Waals surface area contributed by atoms with Crippen LogP contribution in [-0.2, 0) is 20.8 Å². The molecule has 2 heterocycles. The Hall–Kier alpha value is -3.52. The minimum absolute atomic E-state index is 0.110. The van der Waals surface area contributed by atoms with Gasteiger partial charge in [-0.05, 0) is 63.9 Å². The molecule has 4 aromatic rings. The summed E-state index contributed by atoms with van der Waals surface area (Å²) in [6, 6.07) is 12.5. The number of carbonyl (C=O) groups is 2. The lowest BCUT2D eigenvalue weighted by atomic mass is 10.1. The molecule has 1 atom stereocenters. The van der Waals surface area contributed by atoms with Crippen LogP contribution in [0.25, 0.3) is 21.9 Å². The number of imidazole rings is 1. The monoisotopic (exact) mass is 539 g/mol. The summed E-state index contributed by atoms with van der Waals surface area (Å²) in [6.07, 6.45) is 2.72. The first kappa shape index (κ1) is 27.5. The Morgan fingerprint density at radius 1 is 1.00 bits per heavy atom. The molecule has 0 saturated carbocycles. The SMILES string of the molecule is CCCC(CC(=O)OCC)n1c(=O)n(Cc2cn(C(=O)OC(C)(C)C)c3cccc(Cl)c23)c2ccccc21. The Morgan fingerprint density at radius 2 is 1.68 bits per heavy atom. The van der Waals surface area contributed by atoms with E-state index in [1.165, 1.54) is 4.57 Å². The van der Waals surface area contributed by atoms with Crippen molar-refractivity contribution < 1.29 is 19.1 Å². The fourth-order valence-electron chi connectivity index (χ4n) is 4.88. The molecule has 202 valence electrons. The number of hydrogen-bond donors (Lipinski definition) is 0. The molecule has 0 N–H and O–H groups in total. The van der Waals surface area contributed by atoms with Gasteiger partial charge in [0, 0.05) is 17.6 Å². The summed E-state index contributed by atoms with van der Waals surface area (Å²) in [6.45, 7) is 9.68. The highest BCUT2D eigenvalue weighted by Crippen LogP contribution is 2.31. The number of carbonyl (C=O) groups excluding carboxylic acids is 2. The molecule has 0 saturated heterocycles. The lowest BCUT2D eigenvalue weighted by molar-refractivity contribution is -0.144. The molecule has 8 nitrogen and oxygen atoms in total. The van der Waals surface area contributed by atoms with E-state index in [9.17, 15) is 14.4 Å². The zero-order valence-electron chi connectivity index (χ0n) is 22.5. The maximum Gasteiger partial charge on any atom is 0.419 e. The number of halogens is 1. The number of benzene rings is 2. The summed E-state index contributed by atoms with van der Waals surface area (Å²) in [7, 11) is 0. The average molecular weight is 540 g/mol. The number of ether oxygens (including phenoxy) is 2. The average Bonchev–Trinajstić information content (AvgIpc) is 3.35. The lowest BCUT2D eigenvalue weighted by Gasteiger charge is -2.19. The number of fused-ring (bicyclic) bond motifs is 2. The van der Waals surface area contributed by atoms with Crippen LogP contribution in [0.2, 0.25) is 5.02 Å². The van der Waals surface area contributed by atoms with Gasteiger partial charge in [-0.15, -0.1) is 0 Å². The Morgan fingerprint density at radius 3 is 2.34 bits per heavy atom. The van der Waals surface area contributed by atoms with Crippen molar-refractivity contribution in [2.24, 2.45) is 0 Å². The van der Waals surface area contributed by atoms with Gasteiger partial charge in [-0.1, -0.05) is 43.1 Å². The van der Waals surface area contributed by atoms with Gasteiger partial charge >= 0.3 is 17.8 Å². The van der Waals surface area contributed by atoms with Crippen molar-refractivity contribution in [1.82, 2.24) is 13.7 Å². The van der Waals surface area contributed by atoms with E-state index < -0.39 is 11.7 Å². The smallest absolute Gasteiger partial charge is 0.419 e. The van der Waals surface area contributed by atoms with Crippen LogP contribution in [0.15, 0.2) is 53.5 Å². The van der Waals surface area contributed by atoms with E-state index in [4.69, 9.17) is 21.1 Å². The van der Waals surface area contributed by atoms with Gasteiger partial charge in [-0.2, -0.15) is 0 Å². The van der Waals surface area contributed by atoms with Crippen molar-refractivity contribution in [2.45, 2.75) is 72.1 Å². The lowest BCUT2D eigenvalue weighted by Crippen LogP contribution is -2.29. The molecular formula is C29H34ClN3O5. The van der Waals surface area contributed by atoms with Crippen LogP contribution in [0.4, 0.5) is 4.79 Å². The summed E-state index contributed by atoms with van der Waals surface area (Å²) < 4.78 is 15.6. The van der Waals surface area contributed by atoms with Crippen LogP contribution in [-0.4, -0.2) is 38.0 Å². The van der Waals surface area contributed by atoms with Crippen LogP contribution in [0.1, 0.15) is 65.5 Å². The molecule has 9 heteroatoms. The first-order valence-corrected chi connectivity index (χ1v) is 13.3. The van der Waals surface area contributed by atoms with Gasteiger partial charge in [0.1, 0.15) is 5.60 Å². The summed E-state index contributed by atoms with van der Waals surface area (Å²) in [5, 5.41) is 1.16. The van der Waals surface area contributed by atoms with E-state index in [1.54, 1.807) is 40.5 Å². The second-order valence-corrected chi connectivity index (χ2v) is 10.7. The van der Waals surface area contributed by atoms with Crippen molar-refractivity contribution in [2.75, 3.05) is 6.61 Å². The third-order valence-corrected chi connectivity index (χ3v) is 6.65. The summed E-state index contributed by atoms with van der Waals surface area (Å²) in [4.78, 5) is 39.4. The van der Waals surface area contributed by atoms with Crippen molar-refractivity contribution in [3.8, 4) is 0 Å². The molecule has 0 aliphatic heterocycles. The fourth-order valence-corrected chi connectivity index (χ4v) is 5.17. The number of aromatic nitrogens is 3. The van der Waals surface area contributed by atoms with Gasteiger partial charge < -0.3 is 9.47 Å². The summed E-state index contributed by atoms with van der Waals surface area (Å²) in [5.74, 6) is -0.332. The molecule has 0 aliphatic carbocycles. The molecule has 0 fully saturated rings. The predicted octanol–water partition coefficient (Wildman–Crippen LogP) is 6.54. The molecule has 0 bridgehead atoms. The van der Waals surface area contributed by atoms with Crippen LogP contribution in [0.5, 0.6) is 0 Å². The second kappa shape index (κ2) is 11.1. The first-order valence-electron chi connectivity index (χ1n) is 12.9. The maximum atomic E-state index is 13.9. The highest BCUT2D eigenvalue weighted by Gasteiger charge is 2.25. The van der Waals surface area contributed by atoms with E-state index >= 15 is 0 Å². The molecule has 4 rings (SSSR count). The van der Waals surface area contributed by atoms with Crippen LogP contribution in [0.3, 0.4) is 0 Å². The molecule has 2 aromatic heterocycles. The predicted molar refractivity (Wildman–Crippen MR) is 149 cm³/mol. The fraction of sp³-hybridized carbons (Fsp3) is 0.414. The van der Waals surface area contributed by atoms with Gasteiger partial charge in [0.15, 0.2) is 0 Å². The van der Waals surface area contributed by atoms with Crippen molar-refractivity contribution in [3.05, 3.63) is 69.7 Å². The third-order valence-electron chi connectivity index (χ3n) is 6.34. The number of esters is 1. The Labute approximate surface area is 226 Å². The molecule has 0 amide bonds. The van der Waals surface area contributed by atoms with E-state index in [2.05, 4.69) is 0 Å². The quantitative estimate of drug-likeness (QED) is 0.237. The molecule has 2 aromatic carbocycles. The van der Waals surface area contributed by atoms with Crippen molar-refractivity contribution >= 4 is 45.6 Å². The van der Waals surface area contributed by atoms with Gasteiger partial charge in [0.05, 0.1) is 41.1 Å². The Kier molecular flexibility index (Phi) is 8.02. The highest BCUT2D eigenvalue weighted by atomic mass is 35.5. The normalized spacial score (nSPS) is 12.7. The molecule has 38 heavy (non-hydrogen) atoms. The Balaban J connectivity index is 1.85. The van der Waals surface area contributed by atoms with E-state index in [-0.39, 0.29) is 37.3 Å². The van der Waals surface area contributed by atoms with Gasteiger partial charge in [-0.25, -0.2) is 9.59 Å². The van der Waals surface area contributed by atoms with Crippen molar-refractivity contribution in [1.29, 1.82) is 0 Å². The zero-order chi connectivity index (χ0) is 27.6. The van der Waals surface area contributed by atoms with Crippen LogP contribution >= 0.6 is 11.6 Å². The molecule has 0 spiro atoms. The standard InChI is InChI=1S/C29H34ClN3O5/c1-6-11-20(16-25(34)37-7-2)33-23-14-9-8-13-22(23)31(27(33)35)17-19-18-32(28(36)38-29(3,4)5)24-15-10-12-21(30)26(19)24/h8-10,12-15,18,20H,6-7,11,16-17H2,1-5H3. The van der Waals surface area contributed by atoms with Crippen LogP contribution in [0, 0.1) is 0 Å². The number of rotatable bonds is 8. The topological polar surface area (TPSA) is 84.5 Å². The largest absolute Gasteiger partial charge is 0.466 e. The Bertz CT molecular complexity index is 1540. The van der Waals surface area contributed by atoms with E-state index in [0.29, 0.717) is 27.9 Å². The zero-order valence-corrected chi connectivity index (χ0v) is 23.2.